The number of fused-ring (bicyclic) bond motifs is 1. The van der Waals surface area contributed by atoms with E-state index in [4.69, 9.17) is 0 Å². The van der Waals surface area contributed by atoms with E-state index in [9.17, 15) is 32.4 Å². The Hall–Kier alpha value is -3.00. The number of carbonyl (C=O) groups is 5. The molecule has 51 heavy (non-hydrogen) atoms. The van der Waals surface area contributed by atoms with E-state index in [-0.39, 0.29) is 47.9 Å². The van der Waals surface area contributed by atoms with E-state index in [2.05, 4.69) is 41.7 Å². The zero-order valence-electron chi connectivity index (χ0n) is 32.0. The van der Waals surface area contributed by atoms with E-state index in [0.717, 1.165) is 32.1 Å². The van der Waals surface area contributed by atoms with Crippen molar-refractivity contribution in [2.75, 3.05) is 32.4 Å². The number of sulfonamides is 1. The van der Waals surface area contributed by atoms with Gasteiger partial charge in [0.15, 0.2) is 0 Å². The molecule has 6 atom stereocenters. The van der Waals surface area contributed by atoms with Crippen LogP contribution in [0, 0.1) is 34.0 Å². The van der Waals surface area contributed by atoms with Crippen molar-refractivity contribution in [3.8, 4) is 0 Å². The monoisotopic (exact) mass is 734 g/mol. The second-order valence-electron chi connectivity index (χ2n) is 17.4. The third kappa shape index (κ3) is 9.33. The number of hydrogen-bond acceptors (Lipinski definition) is 7. The molecule has 4 N–H and O–H groups in total. The lowest BCUT2D eigenvalue weighted by atomic mass is 9.70. The van der Waals surface area contributed by atoms with E-state index in [1.165, 1.54) is 17.4 Å². The summed E-state index contributed by atoms with van der Waals surface area (Å²) in [5.41, 5.74) is -1.29. The first-order chi connectivity index (χ1) is 23.7. The van der Waals surface area contributed by atoms with E-state index in [1.54, 1.807) is 11.8 Å². The first kappa shape index (κ1) is 40.8. The van der Waals surface area contributed by atoms with Crippen LogP contribution in [0.1, 0.15) is 99.8 Å². The Morgan fingerprint density at radius 3 is 2.18 bits per heavy atom. The first-order valence-corrected chi connectivity index (χ1v) is 20.3. The molecule has 0 aromatic rings. The van der Waals surface area contributed by atoms with E-state index < -0.39 is 68.6 Å². The van der Waals surface area contributed by atoms with Gasteiger partial charge in [0.25, 0.3) is 5.91 Å². The summed E-state index contributed by atoms with van der Waals surface area (Å²) in [5, 5.41) is 11.4. The van der Waals surface area contributed by atoms with Gasteiger partial charge in [-0.3, -0.25) is 19.2 Å². The second kappa shape index (κ2) is 15.5. The summed E-state index contributed by atoms with van der Waals surface area (Å²) in [7, 11) is -2.01. The molecule has 1 saturated heterocycles. The Labute approximate surface area is 304 Å². The maximum Gasteiger partial charge on any atom is 0.315 e. The second-order valence-corrected chi connectivity index (χ2v) is 19.7. The van der Waals surface area contributed by atoms with Gasteiger partial charge in [-0.05, 0) is 60.2 Å². The highest BCUT2D eigenvalue weighted by Crippen LogP contribution is 2.65. The number of hydrogen-bond donors (Lipinski definition) is 4. The van der Waals surface area contributed by atoms with Crippen LogP contribution in [0.2, 0.25) is 0 Å². The first-order valence-electron chi connectivity index (χ1n) is 18.7. The SMILES string of the molecule is C=CCNC(=O)C(=O)C(CC1CC1)NC(=O)[C@@H]1[C@@H]2[C@H](CN1C(=O)[C@@H](NC(=O)N[C@H](CN(C)S(=O)(=O)CC)C(C)(C)C)C1(C)CCCCC1)C2(C)C. The molecule has 0 spiro atoms. The summed E-state index contributed by atoms with van der Waals surface area (Å²) in [6.45, 7) is 17.6. The standard InChI is InChI=1S/C37H62N6O7S/c1-10-19-38-32(46)29(44)25(20-23-15-16-23)39-31(45)28-27-24(36(27,6)7)21-43(28)33(47)30(37(8)17-13-12-14-18-37)41-34(48)40-26(35(3,4)5)22-42(9)51(49,50)11-2/h10,23-28,30H,1,11-22H2,2-9H3,(H,38,46)(H,39,45)(H2,40,41,48)/t24-,25?,26+,27-,28-,30+/m0/s1. The summed E-state index contributed by atoms with van der Waals surface area (Å²) >= 11 is 0. The largest absolute Gasteiger partial charge is 0.346 e. The van der Waals surface area contributed by atoms with Crippen LogP contribution in [0.3, 0.4) is 0 Å². The number of ketones is 1. The van der Waals surface area contributed by atoms with Crippen molar-refractivity contribution in [1.29, 1.82) is 0 Å². The number of carbonyl (C=O) groups excluding carboxylic acids is 5. The number of amides is 5. The number of likely N-dealkylation sites (N-methyl/N-ethyl adjacent to an activating group) is 1. The van der Waals surface area contributed by atoms with Gasteiger partial charge in [-0.15, -0.1) is 6.58 Å². The van der Waals surface area contributed by atoms with Gasteiger partial charge in [-0.25, -0.2) is 17.5 Å². The topological polar surface area (TPSA) is 174 Å². The van der Waals surface area contributed by atoms with Gasteiger partial charge < -0.3 is 26.2 Å². The molecule has 4 aliphatic rings. The zero-order chi connectivity index (χ0) is 38.1. The Morgan fingerprint density at radius 2 is 1.63 bits per heavy atom. The Morgan fingerprint density at radius 1 is 1.00 bits per heavy atom. The number of nitrogens with one attached hydrogen (secondary N) is 4. The molecule has 1 heterocycles. The van der Waals surface area contributed by atoms with Crippen molar-refractivity contribution < 1.29 is 32.4 Å². The third-order valence-corrected chi connectivity index (χ3v) is 14.0. The normalized spacial score (nSPS) is 25.5. The van der Waals surface area contributed by atoms with Gasteiger partial charge in [0.1, 0.15) is 12.1 Å². The molecular weight excluding hydrogens is 673 g/mol. The molecule has 1 unspecified atom stereocenters. The number of Topliss-reactive ketones (excluding diaryl/α,β-unsaturated/α-hetero) is 1. The molecule has 1 aliphatic heterocycles. The highest BCUT2D eigenvalue weighted by molar-refractivity contribution is 7.89. The summed E-state index contributed by atoms with van der Waals surface area (Å²) in [6.07, 6.45) is 7.93. The van der Waals surface area contributed by atoms with Gasteiger partial charge in [0.2, 0.25) is 27.6 Å². The molecule has 3 aliphatic carbocycles. The highest BCUT2D eigenvalue weighted by atomic mass is 32.2. The minimum Gasteiger partial charge on any atom is -0.346 e. The predicted molar refractivity (Wildman–Crippen MR) is 196 cm³/mol. The zero-order valence-corrected chi connectivity index (χ0v) is 32.8. The van der Waals surface area contributed by atoms with Crippen LogP contribution in [-0.4, -0.2) is 104 Å². The fraction of sp³-hybridized carbons (Fsp3) is 0.811. The average molecular weight is 735 g/mol. The number of nitrogens with zero attached hydrogens (tertiary/aromatic N) is 2. The maximum absolute atomic E-state index is 14.8. The molecule has 0 aromatic carbocycles. The summed E-state index contributed by atoms with van der Waals surface area (Å²) in [5.74, 6) is -2.18. The van der Waals surface area contributed by atoms with Gasteiger partial charge in [0.05, 0.1) is 11.8 Å². The van der Waals surface area contributed by atoms with Crippen molar-refractivity contribution in [1.82, 2.24) is 30.5 Å². The molecule has 4 rings (SSSR count). The van der Waals surface area contributed by atoms with Crippen molar-refractivity contribution in [3.05, 3.63) is 12.7 Å². The summed E-state index contributed by atoms with van der Waals surface area (Å²) < 4.78 is 26.4. The Balaban J connectivity index is 1.59. The number of rotatable bonds is 16. The lowest BCUT2D eigenvalue weighted by Gasteiger charge is -2.43. The smallest absolute Gasteiger partial charge is 0.315 e. The Kier molecular flexibility index (Phi) is 12.4. The van der Waals surface area contributed by atoms with Gasteiger partial charge in [-0.1, -0.05) is 79.7 Å². The van der Waals surface area contributed by atoms with E-state index >= 15 is 0 Å². The predicted octanol–water partition coefficient (Wildman–Crippen LogP) is 2.96. The third-order valence-electron chi connectivity index (χ3n) is 12.1. The minimum atomic E-state index is -3.50. The molecule has 0 aromatic heterocycles. The van der Waals surface area contributed by atoms with Gasteiger partial charge >= 0.3 is 6.03 Å². The van der Waals surface area contributed by atoms with E-state index in [1.807, 2.05) is 27.7 Å². The Bertz CT molecular complexity index is 1460. The van der Waals surface area contributed by atoms with Crippen molar-refractivity contribution in [3.63, 3.8) is 0 Å². The average Bonchev–Trinajstić information content (AvgIpc) is 3.92. The van der Waals surface area contributed by atoms with Crippen LogP contribution in [0.25, 0.3) is 0 Å². The number of likely N-dealkylation sites (tertiary alicyclic amines) is 1. The molecule has 0 bridgehead atoms. The fourth-order valence-electron chi connectivity index (χ4n) is 8.21. The molecule has 4 fully saturated rings. The molecule has 3 saturated carbocycles. The lowest BCUT2D eigenvalue weighted by Crippen LogP contribution is -2.63. The fourth-order valence-corrected chi connectivity index (χ4v) is 9.02. The summed E-state index contributed by atoms with van der Waals surface area (Å²) in [6, 6.07) is -3.96. The molecule has 288 valence electrons. The van der Waals surface area contributed by atoms with Crippen molar-refractivity contribution in [2.24, 2.45) is 34.0 Å². The van der Waals surface area contributed by atoms with Crippen LogP contribution in [-0.2, 0) is 29.2 Å². The lowest BCUT2D eigenvalue weighted by molar-refractivity contribution is -0.146. The van der Waals surface area contributed by atoms with Crippen LogP contribution in [0.4, 0.5) is 4.79 Å². The van der Waals surface area contributed by atoms with Crippen LogP contribution >= 0.6 is 0 Å². The molecular formula is C37H62N6O7S. The number of urea groups is 1. The van der Waals surface area contributed by atoms with E-state index in [0.29, 0.717) is 25.8 Å². The quantitative estimate of drug-likeness (QED) is 0.139. The molecule has 13 nitrogen and oxygen atoms in total. The van der Waals surface area contributed by atoms with Crippen molar-refractivity contribution >= 4 is 39.6 Å². The molecule has 0 radical (unpaired) electrons. The molecule has 14 heteroatoms. The number of piperidine rings is 1. The van der Waals surface area contributed by atoms with Gasteiger partial charge in [0, 0.05) is 32.7 Å². The molecule has 5 amide bonds. The van der Waals surface area contributed by atoms with Crippen LogP contribution in [0.15, 0.2) is 12.7 Å². The van der Waals surface area contributed by atoms with Crippen molar-refractivity contribution in [2.45, 2.75) is 124 Å². The summed E-state index contributed by atoms with van der Waals surface area (Å²) in [4.78, 5) is 70.4. The van der Waals surface area contributed by atoms with Crippen LogP contribution in [0.5, 0.6) is 0 Å². The minimum absolute atomic E-state index is 0.0577. The van der Waals surface area contributed by atoms with Gasteiger partial charge in [-0.2, -0.15) is 0 Å². The highest BCUT2D eigenvalue weighted by Gasteiger charge is 2.70. The maximum atomic E-state index is 14.8. The van der Waals surface area contributed by atoms with Crippen LogP contribution < -0.4 is 21.3 Å².